The molecule has 0 saturated heterocycles. The maximum Gasteiger partial charge on any atom is 0.229 e. The highest BCUT2D eigenvalue weighted by atomic mass is 19.1. The first kappa shape index (κ1) is 23.5. The predicted molar refractivity (Wildman–Crippen MR) is 146 cm³/mol. The molecule has 0 aliphatic heterocycles. The minimum Gasteiger partial charge on any atom is -0.352 e. The summed E-state index contributed by atoms with van der Waals surface area (Å²) in [6.45, 7) is 5.58. The van der Waals surface area contributed by atoms with Crippen molar-refractivity contribution >= 4 is 33.5 Å². The van der Waals surface area contributed by atoms with Gasteiger partial charge in [-0.1, -0.05) is 32.9 Å². The van der Waals surface area contributed by atoms with Crippen molar-refractivity contribution in [2.75, 3.05) is 5.32 Å². The van der Waals surface area contributed by atoms with Crippen LogP contribution in [0.5, 0.6) is 0 Å². The Hall–Kier alpha value is -4.92. The lowest BCUT2D eigenvalue weighted by molar-refractivity contribution is -0.123. The van der Waals surface area contributed by atoms with Gasteiger partial charge in [0.05, 0.1) is 40.5 Å². The number of halogens is 1. The van der Waals surface area contributed by atoms with Crippen LogP contribution in [-0.2, 0) is 4.79 Å². The number of carbonyl (C=O) groups is 1. The number of rotatable bonds is 4. The van der Waals surface area contributed by atoms with Crippen molar-refractivity contribution in [1.82, 2.24) is 30.1 Å². The average molecular weight is 506 g/mol. The highest BCUT2D eigenvalue weighted by Gasteiger charge is 2.21. The fraction of sp³-hybridized carbons (Fsp3) is 0.138. The van der Waals surface area contributed by atoms with Gasteiger partial charge in [-0.05, 0) is 42.0 Å². The summed E-state index contributed by atoms with van der Waals surface area (Å²) in [5, 5.41) is 11.4. The van der Waals surface area contributed by atoms with Crippen LogP contribution in [-0.4, -0.2) is 36.0 Å². The van der Waals surface area contributed by atoms with Crippen molar-refractivity contribution in [2.45, 2.75) is 20.8 Å². The lowest BCUT2D eigenvalue weighted by Crippen LogP contribution is -2.27. The number of pyridine rings is 3. The molecule has 6 rings (SSSR count). The molecule has 0 spiro atoms. The number of hydrogen-bond donors (Lipinski definition) is 3. The number of fused-ring (bicyclic) bond motifs is 2. The quantitative estimate of drug-likeness (QED) is 0.258. The highest BCUT2D eigenvalue weighted by Crippen LogP contribution is 2.34. The Labute approximate surface area is 217 Å². The van der Waals surface area contributed by atoms with Crippen molar-refractivity contribution in [3.8, 4) is 33.8 Å². The van der Waals surface area contributed by atoms with Gasteiger partial charge in [-0.2, -0.15) is 5.10 Å². The Morgan fingerprint density at radius 3 is 2.47 bits per heavy atom. The second-order valence-corrected chi connectivity index (χ2v) is 10.2. The van der Waals surface area contributed by atoms with Crippen molar-refractivity contribution in [1.29, 1.82) is 0 Å². The molecule has 0 saturated carbocycles. The van der Waals surface area contributed by atoms with Gasteiger partial charge in [0, 0.05) is 34.3 Å². The molecule has 3 N–H and O–H groups in total. The van der Waals surface area contributed by atoms with Crippen molar-refractivity contribution in [2.24, 2.45) is 5.41 Å². The molecule has 1 amide bonds. The molecule has 0 bridgehead atoms. The Morgan fingerprint density at radius 1 is 0.895 bits per heavy atom. The van der Waals surface area contributed by atoms with Gasteiger partial charge in [0.1, 0.15) is 17.0 Å². The normalized spacial score (nSPS) is 11.8. The van der Waals surface area contributed by atoms with Gasteiger partial charge < -0.3 is 10.3 Å². The van der Waals surface area contributed by atoms with E-state index in [0.717, 1.165) is 38.8 Å². The lowest BCUT2D eigenvalue weighted by Gasteiger charge is -2.17. The van der Waals surface area contributed by atoms with Crippen LogP contribution < -0.4 is 5.32 Å². The van der Waals surface area contributed by atoms with Gasteiger partial charge in [0.2, 0.25) is 5.91 Å². The largest absolute Gasteiger partial charge is 0.352 e. The van der Waals surface area contributed by atoms with Gasteiger partial charge in [-0.25, -0.2) is 9.37 Å². The summed E-state index contributed by atoms with van der Waals surface area (Å²) < 4.78 is 13.5. The molecule has 0 aliphatic carbocycles. The summed E-state index contributed by atoms with van der Waals surface area (Å²) in [6.07, 6.45) is 6.85. The summed E-state index contributed by atoms with van der Waals surface area (Å²) >= 11 is 0. The Morgan fingerprint density at radius 2 is 1.68 bits per heavy atom. The third kappa shape index (κ3) is 4.28. The third-order valence-electron chi connectivity index (χ3n) is 6.34. The van der Waals surface area contributed by atoms with E-state index < -0.39 is 5.41 Å². The number of nitrogens with one attached hydrogen (secondary N) is 3. The number of anilines is 1. The zero-order valence-electron chi connectivity index (χ0n) is 21.0. The molecule has 5 aromatic heterocycles. The van der Waals surface area contributed by atoms with Crippen LogP contribution in [0.4, 0.5) is 10.1 Å². The SMILES string of the molecule is CC(C)(C)C(=O)Nc1cncc(-c2ccc3[nH]nc(-c4cc5c(-c6ccc(F)cc6)cncc5[nH]4)c3n2)c1. The molecule has 6 aromatic rings. The summed E-state index contributed by atoms with van der Waals surface area (Å²) in [5.74, 6) is -0.379. The first-order chi connectivity index (χ1) is 18.3. The van der Waals surface area contributed by atoms with Gasteiger partial charge >= 0.3 is 0 Å². The first-order valence-corrected chi connectivity index (χ1v) is 12.1. The summed E-state index contributed by atoms with van der Waals surface area (Å²) in [4.78, 5) is 29.4. The molecular weight excluding hydrogens is 481 g/mol. The summed E-state index contributed by atoms with van der Waals surface area (Å²) in [5.41, 5.74) is 7.05. The molecule has 0 fully saturated rings. The number of benzene rings is 1. The molecule has 1 aromatic carbocycles. The smallest absolute Gasteiger partial charge is 0.229 e. The fourth-order valence-corrected chi connectivity index (χ4v) is 4.25. The first-order valence-electron chi connectivity index (χ1n) is 12.1. The molecule has 0 aliphatic rings. The van der Waals surface area contributed by atoms with Crippen LogP contribution in [0.3, 0.4) is 0 Å². The van der Waals surface area contributed by atoms with E-state index in [1.54, 1.807) is 36.9 Å². The Kier molecular flexibility index (Phi) is 5.48. The zero-order chi connectivity index (χ0) is 26.4. The molecule has 0 unspecified atom stereocenters. The molecular formula is C29H24FN7O. The number of aromatic nitrogens is 6. The molecule has 188 valence electrons. The van der Waals surface area contributed by atoms with Gasteiger partial charge in [0.25, 0.3) is 0 Å². The van der Waals surface area contributed by atoms with E-state index in [0.29, 0.717) is 22.6 Å². The van der Waals surface area contributed by atoms with Crippen LogP contribution in [0.2, 0.25) is 0 Å². The van der Waals surface area contributed by atoms with Crippen molar-refractivity contribution < 1.29 is 9.18 Å². The minimum absolute atomic E-state index is 0.0923. The maximum atomic E-state index is 13.5. The number of amides is 1. The van der Waals surface area contributed by atoms with Crippen LogP contribution >= 0.6 is 0 Å². The number of nitrogens with zero attached hydrogens (tertiary/aromatic N) is 4. The van der Waals surface area contributed by atoms with E-state index >= 15 is 0 Å². The van der Waals surface area contributed by atoms with Gasteiger partial charge in [-0.15, -0.1) is 0 Å². The number of H-pyrrole nitrogens is 2. The second kappa shape index (κ2) is 8.88. The van der Waals surface area contributed by atoms with Gasteiger partial charge in [0.15, 0.2) is 0 Å². The topological polar surface area (TPSA) is 112 Å². The Balaban J connectivity index is 1.39. The van der Waals surface area contributed by atoms with E-state index in [4.69, 9.17) is 4.98 Å². The molecule has 8 nitrogen and oxygen atoms in total. The van der Waals surface area contributed by atoms with E-state index in [1.807, 2.05) is 45.0 Å². The van der Waals surface area contributed by atoms with Crippen molar-refractivity contribution in [3.05, 3.63) is 79.1 Å². The molecule has 9 heteroatoms. The van der Waals surface area contributed by atoms with E-state index in [1.165, 1.54) is 12.1 Å². The molecule has 5 heterocycles. The van der Waals surface area contributed by atoms with Crippen LogP contribution in [0.15, 0.2) is 73.3 Å². The lowest BCUT2D eigenvalue weighted by atomic mass is 9.95. The number of hydrogen-bond acceptors (Lipinski definition) is 5. The van der Waals surface area contributed by atoms with E-state index in [9.17, 15) is 9.18 Å². The predicted octanol–water partition coefficient (Wildman–Crippen LogP) is 6.35. The average Bonchev–Trinajstić information content (AvgIpc) is 3.52. The summed E-state index contributed by atoms with van der Waals surface area (Å²) in [6, 6.07) is 14.0. The van der Waals surface area contributed by atoms with Crippen LogP contribution in [0, 0.1) is 11.2 Å². The molecule has 38 heavy (non-hydrogen) atoms. The molecule has 0 radical (unpaired) electrons. The fourth-order valence-electron chi connectivity index (χ4n) is 4.25. The van der Waals surface area contributed by atoms with Crippen LogP contribution in [0.25, 0.3) is 55.7 Å². The number of carbonyl (C=O) groups excluding carboxylic acids is 1. The van der Waals surface area contributed by atoms with Crippen molar-refractivity contribution in [3.63, 3.8) is 0 Å². The minimum atomic E-state index is -0.523. The third-order valence-corrected chi connectivity index (χ3v) is 6.34. The zero-order valence-corrected chi connectivity index (χ0v) is 21.0. The van der Waals surface area contributed by atoms with Gasteiger partial charge in [-0.3, -0.25) is 19.9 Å². The number of aromatic amines is 2. The molecule has 0 atom stereocenters. The van der Waals surface area contributed by atoms with Crippen LogP contribution in [0.1, 0.15) is 20.8 Å². The monoisotopic (exact) mass is 505 g/mol. The standard InChI is InChI=1S/C29H24FN7O/c1-29(2,3)28(38)33-19-10-17(12-31-13-19)22-8-9-23-26(35-22)27(37-36-23)24-11-20-21(14-32-15-25(20)34-24)16-4-6-18(30)7-5-16/h4-15,34H,1-3H3,(H,33,38)(H,36,37). The maximum absolute atomic E-state index is 13.5. The Bertz CT molecular complexity index is 1810. The summed E-state index contributed by atoms with van der Waals surface area (Å²) in [7, 11) is 0. The van der Waals surface area contributed by atoms with E-state index in [2.05, 4.69) is 30.5 Å². The second-order valence-electron chi connectivity index (χ2n) is 10.2. The van der Waals surface area contributed by atoms with E-state index in [-0.39, 0.29) is 11.7 Å². The highest BCUT2D eigenvalue weighted by molar-refractivity contribution is 6.00.